The van der Waals surface area contributed by atoms with Gasteiger partial charge in [-0.05, 0) is 26.0 Å². The number of hydrogen-bond acceptors (Lipinski definition) is 2. The van der Waals surface area contributed by atoms with Crippen LogP contribution in [0.1, 0.15) is 19.5 Å². The molecular weight excluding hydrogens is 136 g/mol. The summed E-state index contributed by atoms with van der Waals surface area (Å²) in [6, 6.07) is 4.05. The van der Waals surface area contributed by atoms with E-state index < -0.39 is 0 Å². The van der Waals surface area contributed by atoms with E-state index in [0.29, 0.717) is 0 Å². The van der Waals surface area contributed by atoms with Gasteiger partial charge in [-0.3, -0.25) is 4.98 Å². The highest BCUT2D eigenvalue weighted by Gasteiger charge is 2.27. The minimum Gasteiger partial charge on any atom is -0.378 e. The van der Waals surface area contributed by atoms with Gasteiger partial charge < -0.3 is 5.32 Å². The van der Waals surface area contributed by atoms with Gasteiger partial charge in [0.1, 0.15) is 0 Å². The van der Waals surface area contributed by atoms with Gasteiger partial charge in [-0.2, -0.15) is 0 Å². The van der Waals surface area contributed by atoms with Crippen molar-refractivity contribution in [2.45, 2.75) is 25.8 Å². The number of rotatable bonds is 0. The summed E-state index contributed by atoms with van der Waals surface area (Å²) in [5.74, 6) is 0. The van der Waals surface area contributed by atoms with Gasteiger partial charge in [0.2, 0.25) is 0 Å². The normalized spacial score (nSPS) is 19.1. The molecule has 0 atom stereocenters. The third-order valence-corrected chi connectivity index (χ3v) is 1.97. The van der Waals surface area contributed by atoms with Gasteiger partial charge in [-0.15, -0.1) is 0 Å². The zero-order valence-electron chi connectivity index (χ0n) is 6.89. The van der Waals surface area contributed by atoms with Gasteiger partial charge >= 0.3 is 0 Å². The summed E-state index contributed by atoms with van der Waals surface area (Å²) in [6.45, 7) is 4.38. The van der Waals surface area contributed by atoms with Gasteiger partial charge in [0.05, 0.1) is 11.4 Å². The maximum absolute atomic E-state index is 4.29. The van der Waals surface area contributed by atoms with Crippen LogP contribution < -0.4 is 5.32 Å². The van der Waals surface area contributed by atoms with E-state index in [4.69, 9.17) is 0 Å². The van der Waals surface area contributed by atoms with Gasteiger partial charge in [0.25, 0.3) is 0 Å². The van der Waals surface area contributed by atoms with Crippen LogP contribution in [0, 0.1) is 0 Å². The molecule has 0 amide bonds. The third kappa shape index (κ3) is 1.09. The van der Waals surface area contributed by atoms with Gasteiger partial charge in [0, 0.05) is 18.2 Å². The van der Waals surface area contributed by atoms with Crippen LogP contribution in [0.4, 0.5) is 5.69 Å². The molecule has 58 valence electrons. The van der Waals surface area contributed by atoms with Crippen molar-refractivity contribution in [2.24, 2.45) is 0 Å². The minimum atomic E-state index is 0.191. The van der Waals surface area contributed by atoms with Crippen LogP contribution in [0.15, 0.2) is 18.3 Å². The Bertz CT molecular complexity index is 252. The molecule has 0 saturated carbocycles. The highest BCUT2D eigenvalue weighted by atomic mass is 15.0. The molecule has 0 saturated heterocycles. The van der Waals surface area contributed by atoms with Crippen LogP contribution in [0.25, 0.3) is 0 Å². The molecule has 11 heavy (non-hydrogen) atoms. The maximum atomic E-state index is 4.29. The molecule has 0 aromatic carbocycles. The van der Waals surface area contributed by atoms with Crippen molar-refractivity contribution in [3.63, 3.8) is 0 Å². The predicted molar refractivity (Wildman–Crippen MR) is 45.6 cm³/mol. The highest BCUT2D eigenvalue weighted by Crippen LogP contribution is 2.29. The maximum Gasteiger partial charge on any atom is 0.0657 e. The van der Waals surface area contributed by atoms with Crippen molar-refractivity contribution in [3.8, 4) is 0 Å². The summed E-state index contributed by atoms with van der Waals surface area (Å²) in [6.07, 6.45) is 2.88. The largest absolute Gasteiger partial charge is 0.378 e. The second kappa shape index (κ2) is 1.97. The van der Waals surface area contributed by atoms with Gasteiger partial charge in [-0.25, -0.2) is 0 Å². The van der Waals surface area contributed by atoms with Crippen LogP contribution in [-0.2, 0) is 6.42 Å². The molecule has 1 aliphatic heterocycles. The second-order valence-corrected chi connectivity index (χ2v) is 3.68. The fraction of sp³-hybridized carbons (Fsp3) is 0.444. The Hall–Kier alpha value is -1.05. The monoisotopic (exact) mass is 148 g/mol. The average molecular weight is 148 g/mol. The van der Waals surface area contributed by atoms with Gasteiger partial charge in [-0.1, -0.05) is 0 Å². The lowest BCUT2D eigenvalue weighted by Crippen LogP contribution is -2.27. The first kappa shape index (κ1) is 6.65. The number of fused-ring (bicyclic) bond motifs is 1. The molecule has 0 spiro atoms. The molecule has 1 N–H and O–H groups in total. The summed E-state index contributed by atoms with van der Waals surface area (Å²) in [7, 11) is 0. The third-order valence-electron chi connectivity index (χ3n) is 1.97. The van der Waals surface area contributed by atoms with Gasteiger partial charge in [0.15, 0.2) is 0 Å². The van der Waals surface area contributed by atoms with E-state index in [9.17, 15) is 0 Å². The van der Waals surface area contributed by atoms with Crippen molar-refractivity contribution in [3.05, 3.63) is 24.0 Å². The Morgan fingerprint density at radius 3 is 3.09 bits per heavy atom. The van der Waals surface area contributed by atoms with E-state index in [1.807, 2.05) is 12.3 Å². The Morgan fingerprint density at radius 1 is 1.55 bits per heavy atom. The quantitative estimate of drug-likeness (QED) is 0.607. The number of nitrogens with zero attached hydrogens (tertiary/aromatic N) is 1. The van der Waals surface area contributed by atoms with E-state index in [1.54, 1.807) is 0 Å². The SMILES string of the molecule is CC1(C)Cc2ncccc2N1. The summed E-state index contributed by atoms with van der Waals surface area (Å²) >= 11 is 0. The van der Waals surface area contributed by atoms with E-state index in [2.05, 4.69) is 30.2 Å². The lowest BCUT2D eigenvalue weighted by molar-refractivity contribution is 0.589. The van der Waals surface area contributed by atoms with Crippen LogP contribution in [0.3, 0.4) is 0 Å². The number of aromatic nitrogens is 1. The molecule has 2 nitrogen and oxygen atoms in total. The van der Waals surface area contributed by atoms with Crippen molar-refractivity contribution < 1.29 is 0 Å². The molecule has 1 aromatic heterocycles. The Labute approximate surface area is 66.7 Å². The fourth-order valence-electron chi connectivity index (χ4n) is 1.52. The lowest BCUT2D eigenvalue weighted by Gasteiger charge is -2.17. The first-order valence-electron chi connectivity index (χ1n) is 3.89. The predicted octanol–water partition coefficient (Wildman–Crippen LogP) is 1.83. The molecule has 0 fully saturated rings. The second-order valence-electron chi connectivity index (χ2n) is 3.68. The van der Waals surface area contributed by atoms with Crippen LogP contribution in [0.5, 0.6) is 0 Å². The number of nitrogens with one attached hydrogen (secondary N) is 1. The summed E-state index contributed by atoms with van der Waals surface area (Å²) in [4.78, 5) is 4.29. The van der Waals surface area contributed by atoms with E-state index in [1.165, 1.54) is 11.4 Å². The molecule has 2 rings (SSSR count). The lowest BCUT2D eigenvalue weighted by atomic mass is 10.0. The number of anilines is 1. The Balaban J connectivity index is 2.41. The van der Waals surface area contributed by atoms with Crippen molar-refractivity contribution in [1.29, 1.82) is 0 Å². The number of pyridine rings is 1. The summed E-state index contributed by atoms with van der Waals surface area (Å²) in [5, 5.41) is 3.41. The minimum absolute atomic E-state index is 0.191. The van der Waals surface area contributed by atoms with Crippen LogP contribution in [-0.4, -0.2) is 10.5 Å². The van der Waals surface area contributed by atoms with Crippen LogP contribution >= 0.6 is 0 Å². The van der Waals surface area contributed by atoms with Crippen molar-refractivity contribution >= 4 is 5.69 Å². The first-order chi connectivity index (χ1) is 5.17. The van der Waals surface area contributed by atoms with E-state index in [-0.39, 0.29) is 5.54 Å². The molecular formula is C9H12N2. The summed E-state index contributed by atoms with van der Waals surface area (Å²) < 4.78 is 0. The molecule has 2 heterocycles. The molecule has 0 unspecified atom stereocenters. The number of hydrogen-bond donors (Lipinski definition) is 1. The zero-order valence-corrected chi connectivity index (χ0v) is 6.89. The smallest absolute Gasteiger partial charge is 0.0657 e. The summed E-state index contributed by atoms with van der Waals surface area (Å²) in [5.41, 5.74) is 2.58. The molecule has 2 heteroatoms. The Kier molecular flexibility index (Phi) is 1.19. The molecule has 0 radical (unpaired) electrons. The Morgan fingerprint density at radius 2 is 2.36 bits per heavy atom. The molecule has 0 aliphatic carbocycles. The molecule has 0 bridgehead atoms. The zero-order chi connectivity index (χ0) is 7.90. The van der Waals surface area contributed by atoms with Crippen molar-refractivity contribution in [2.75, 3.05) is 5.32 Å². The van der Waals surface area contributed by atoms with E-state index >= 15 is 0 Å². The standard InChI is InChI=1S/C9H12N2/c1-9(2)6-8-7(11-9)4-3-5-10-8/h3-5,11H,6H2,1-2H3. The van der Waals surface area contributed by atoms with E-state index in [0.717, 1.165) is 6.42 Å². The molecule has 1 aliphatic rings. The first-order valence-corrected chi connectivity index (χ1v) is 3.89. The highest BCUT2D eigenvalue weighted by molar-refractivity contribution is 5.54. The van der Waals surface area contributed by atoms with Crippen molar-refractivity contribution in [1.82, 2.24) is 4.98 Å². The topological polar surface area (TPSA) is 24.9 Å². The van der Waals surface area contributed by atoms with Crippen LogP contribution in [0.2, 0.25) is 0 Å². The average Bonchev–Trinajstić information content (AvgIpc) is 2.21. The molecule has 1 aromatic rings. The fourth-order valence-corrected chi connectivity index (χ4v) is 1.52.